The largest absolute Gasteiger partial charge is 0.480 e. The summed E-state index contributed by atoms with van der Waals surface area (Å²) in [5.74, 6) is 1.44. The monoisotopic (exact) mass is 435 g/mol. The number of nitrogens with one attached hydrogen (secondary N) is 1. The van der Waals surface area contributed by atoms with Crippen molar-refractivity contribution in [2.24, 2.45) is 0 Å². The first-order valence-electron chi connectivity index (χ1n) is 11.4. The van der Waals surface area contributed by atoms with Crippen LogP contribution >= 0.6 is 0 Å². The SMILES string of the molecule is COc1ncccc1-c1nc2c(-c3ccc4ccccc4c3)ccnc2n1C1CCNCC1. The van der Waals surface area contributed by atoms with Gasteiger partial charge in [0.1, 0.15) is 11.3 Å². The number of fused-ring (bicyclic) bond motifs is 2. The molecular weight excluding hydrogens is 410 g/mol. The first-order valence-corrected chi connectivity index (χ1v) is 11.4. The number of hydrogen-bond donors (Lipinski definition) is 1. The van der Waals surface area contributed by atoms with E-state index in [0.29, 0.717) is 11.9 Å². The molecule has 1 N–H and O–H groups in total. The van der Waals surface area contributed by atoms with Gasteiger partial charge in [-0.3, -0.25) is 0 Å². The van der Waals surface area contributed by atoms with E-state index in [1.54, 1.807) is 13.3 Å². The molecule has 1 fully saturated rings. The fourth-order valence-electron chi connectivity index (χ4n) is 4.90. The van der Waals surface area contributed by atoms with Gasteiger partial charge >= 0.3 is 0 Å². The van der Waals surface area contributed by atoms with E-state index in [1.807, 2.05) is 18.3 Å². The van der Waals surface area contributed by atoms with Crippen LogP contribution in [0.2, 0.25) is 0 Å². The number of hydrogen-bond acceptors (Lipinski definition) is 5. The zero-order valence-corrected chi connectivity index (χ0v) is 18.5. The van der Waals surface area contributed by atoms with Gasteiger partial charge in [-0.25, -0.2) is 15.0 Å². The number of nitrogens with zero attached hydrogens (tertiary/aromatic N) is 4. The van der Waals surface area contributed by atoms with Gasteiger partial charge in [0.05, 0.1) is 12.7 Å². The molecule has 4 heterocycles. The molecule has 0 bridgehead atoms. The topological polar surface area (TPSA) is 64.9 Å². The maximum Gasteiger partial charge on any atom is 0.224 e. The summed E-state index contributed by atoms with van der Waals surface area (Å²) in [4.78, 5) is 14.4. The van der Waals surface area contributed by atoms with E-state index in [2.05, 4.69) is 63.4 Å². The van der Waals surface area contributed by atoms with Gasteiger partial charge in [0.15, 0.2) is 5.65 Å². The van der Waals surface area contributed by atoms with Gasteiger partial charge in [0, 0.05) is 24.0 Å². The number of methoxy groups -OCH3 is 1. The third kappa shape index (κ3) is 3.43. The Labute approximate surface area is 192 Å². The average molecular weight is 436 g/mol. The van der Waals surface area contributed by atoms with Crippen LogP contribution in [-0.2, 0) is 0 Å². The van der Waals surface area contributed by atoms with Crippen molar-refractivity contribution in [3.63, 3.8) is 0 Å². The van der Waals surface area contributed by atoms with Gasteiger partial charge < -0.3 is 14.6 Å². The summed E-state index contributed by atoms with van der Waals surface area (Å²) in [6.07, 6.45) is 5.71. The number of ether oxygens (including phenoxy) is 1. The third-order valence-corrected chi connectivity index (χ3v) is 6.52. The van der Waals surface area contributed by atoms with E-state index in [4.69, 9.17) is 14.7 Å². The second kappa shape index (κ2) is 8.30. The molecule has 5 aromatic rings. The number of piperidine rings is 1. The first-order chi connectivity index (χ1) is 16.3. The summed E-state index contributed by atoms with van der Waals surface area (Å²) in [5, 5.41) is 5.91. The molecule has 0 unspecified atom stereocenters. The van der Waals surface area contributed by atoms with Crippen LogP contribution in [0.5, 0.6) is 5.88 Å². The zero-order chi connectivity index (χ0) is 22.2. The maximum atomic E-state index is 5.60. The van der Waals surface area contributed by atoms with Gasteiger partial charge in [-0.2, -0.15) is 0 Å². The summed E-state index contributed by atoms with van der Waals surface area (Å²) < 4.78 is 7.91. The summed E-state index contributed by atoms with van der Waals surface area (Å²) in [6, 6.07) is 21.4. The normalized spacial score (nSPS) is 14.7. The second-order valence-electron chi connectivity index (χ2n) is 8.44. The first kappa shape index (κ1) is 19.9. The highest BCUT2D eigenvalue weighted by Gasteiger charge is 2.26. The molecule has 3 aromatic heterocycles. The molecule has 0 radical (unpaired) electrons. The van der Waals surface area contributed by atoms with Crippen molar-refractivity contribution in [1.29, 1.82) is 0 Å². The highest BCUT2D eigenvalue weighted by atomic mass is 16.5. The molecule has 0 atom stereocenters. The van der Waals surface area contributed by atoms with Crippen molar-refractivity contribution in [2.45, 2.75) is 18.9 Å². The van der Waals surface area contributed by atoms with E-state index >= 15 is 0 Å². The van der Waals surface area contributed by atoms with Gasteiger partial charge in [-0.15, -0.1) is 0 Å². The highest BCUT2D eigenvalue weighted by Crippen LogP contribution is 2.38. The van der Waals surface area contributed by atoms with Gasteiger partial charge in [-0.1, -0.05) is 36.4 Å². The van der Waals surface area contributed by atoms with Crippen LogP contribution in [0.3, 0.4) is 0 Å². The minimum Gasteiger partial charge on any atom is -0.480 e. The molecule has 1 aliphatic rings. The van der Waals surface area contributed by atoms with E-state index in [9.17, 15) is 0 Å². The molecular formula is C27H25N5O. The van der Waals surface area contributed by atoms with Crippen LogP contribution in [0.25, 0.3) is 44.5 Å². The van der Waals surface area contributed by atoms with E-state index in [0.717, 1.165) is 59.6 Å². The lowest BCUT2D eigenvalue weighted by Gasteiger charge is -2.26. The quantitative estimate of drug-likeness (QED) is 0.418. The van der Waals surface area contributed by atoms with Crippen LogP contribution in [0.4, 0.5) is 0 Å². The van der Waals surface area contributed by atoms with Crippen molar-refractivity contribution in [2.75, 3.05) is 20.2 Å². The molecule has 1 aliphatic heterocycles. The standard InChI is InChI=1S/C27H25N5O/c1-33-27-23(7-4-13-30-27)25-31-24-22(20-9-8-18-5-2-3-6-19(18)17-20)12-16-29-26(24)32(25)21-10-14-28-15-11-21/h2-9,12-13,16-17,21,28H,10-11,14-15H2,1H3. The number of aromatic nitrogens is 4. The van der Waals surface area contributed by atoms with Crippen molar-refractivity contribution in [1.82, 2.24) is 24.8 Å². The molecule has 6 heteroatoms. The highest BCUT2D eigenvalue weighted by molar-refractivity contribution is 5.96. The Morgan fingerprint density at radius 3 is 2.58 bits per heavy atom. The predicted molar refractivity (Wildman–Crippen MR) is 131 cm³/mol. The summed E-state index contributed by atoms with van der Waals surface area (Å²) in [7, 11) is 1.65. The maximum absolute atomic E-state index is 5.60. The van der Waals surface area contributed by atoms with Crippen molar-refractivity contribution < 1.29 is 4.74 Å². The average Bonchev–Trinajstić information content (AvgIpc) is 3.28. The molecule has 0 aliphatic carbocycles. The van der Waals surface area contributed by atoms with Crippen molar-refractivity contribution in [3.05, 3.63) is 73.1 Å². The van der Waals surface area contributed by atoms with Gasteiger partial charge in [-0.05, 0) is 66.5 Å². The van der Waals surface area contributed by atoms with E-state index in [1.165, 1.54) is 10.8 Å². The third-order valence-electron chi connectivity index (χ3n) is 6.52. The lowest BCUT2D eigenvalue weighted by molar-refractivity contribution is 0.374. The molecule has 0 spiro atoms. The van der Waals surface area contributed by atoms with E-state index in [-0.39, 0.29) is 0 Å². The number of imidazole rings is 1. The number of benzene rings is 2. The number of rotatable bonds is 4. The summed E-state index contributed by atoms with van der Waals surface area (Å²) in [6.45, 7) is 1.97. The minimum absolute atomic E-state index is 0.315. The summed E-state index contributed by atoms with van der Waals surface area (Å²) in [5.41, 5.74) is 4.94. The Hall–Kier alpha value is -3.77. The zero-order valence-electron chi connectivity index (χ0n) is 18.5. The predicted octanol–water partition coefficient (Wildman–Crippen LogP) is 5.25. The second-order valence-corrected chi connectivity index (χ2v) is 8.44. The Morgan fingerprint density at radius 1 is 0.879 bits per heavy atom. The molecule has 0 saturated carbocycles. The molecule has 33 heavy (non-hydrogen) atoms. The number of pyridine rings is 2. The Bertz CT molecular complexity index is 1450. The van der Waals surface area contributed by atoms with Crippen molar-refractivity contribution in [3.8, 4) is 28.4 Å². The lowest BCUT2D eigenvalue weighted by Crippen LogP contribution is -2.29. The summed E-state index contributed by atoms with van der Waals surface area (Å²) >= 11 is 0. The fourth-order valence-corrected chi connectivity index (χ4v) is 4.90. The van der Waals surface area contributed by atoms with Crippen LogP contribution < -0.4 is 10.1 Å². The molecule has 6 nitrogen and oxygen atoms in total. The Balaban J connectivity index is 1.61. The van der Waals surface area contributed by atoms with E-state index < -0.39 is 0 Å². The van der Waals surface area contributed by atoms with Gasteiger partial charge in [0.2, 0.25) is 5.88 Å². The molecule has 6 rings (SSSR count). The van der Waals surface area contributed by atoms with Crippen LogP contribution in [-0.4, -0.2) is 39.7 Å². The van der Waals surface area contributed by atoms with Crippen molar-refractivity contribution >= 4 is 21.9 Å². The lowest BCUT2D eigenvalue weighted by atomic mass is 10.0. The van der Waals surface area contributed by atoms with Gasteiger partial charge in [0.25, 0.3) is 0 Å². The smallest absolute Gasteiger partial charge is 0.224 e. The molecule has 2 aromatic carbocycles. The minimum atomic E-state index is 0.315. The van der Waals surface area contributed by atoms with Crippen LogP contribution in [0, 0.1) is 0 Å². The van der Waals surface area contributed by atoms with Crippen LogP contribution in [0.1, 0.15) is 18.9 Å². The van der Waals surface area contributed by atoms with Crippen LogP contribution in [0.15, 0.2) is 73.1 Å². The Morgan fingerprint density at radius 2 is 1.73 bits per heavy atom. The Kier molecular flexibility index (Phi) is 5.00. The molecule has 164 valence electrons. The molecule has 1 saturated heterocycles. The fraction of sp³-hybridized carbons (Fsp3) is 0.222. The molecule has 0 amide bonds.